The number of ether oxygens (including phenoxy) is 1. The highest BCUT2D eigenvalue weighted by molar-refractivity contribution is 9.10. The molecule has 0 aliphatic carbocycles. The minimum Gasteiger partial charge on any atom is -0.508 e. The van der Waals surface area contributed by atoms with Gasteiger partial charge >= 0.3 is 0 Å². The van der Waals surface area contributed by atoms with Crippen molar-refractivity contribution >= 4 is 28.1 Å². The van der Waals surface area contributed by atoms with Gasteiger partial charge in [-0.1, -0.05) is 0 Å². The van der Waals surface area contributed by atoms with E-state index in [0.29, 0.717) is 15.8 Å². The molecular weight excluding hydrogens is 396 g/mol. The fraction of sp³-hybridized carbons (Fsp3) is 0.125. The molecule has 0 fully saturated rings. The van der Waals surface area contributed by atoms with Gasteiger partial charge in [0.2, 0.25) is 0 Å². The molecule has 0 unspecified atom stereocenters. The molecule has 0 saturated heterocycles. The van der Waals surface area contributed by atoms with E-state index in [-0.39, 0.29) is 22.8 Å². The second-order valence-corrected chi connectivity index (χ2v) is 5.34. The molecule has 5 N–H and O–H groups in total. The second-order valence-electron chi connectivity index (χ2n) is 4.48. The van der Waals surface area contributed by atoms with E-state index in [9.17, 15) is 20.1 Å². The molecule has 2 aromatic rings. The van der Waals surface area contributed by atoms with Crippen LogP contribution in [0.1, 0.15) is 15.9 Å². The summed E-state index contributed by atoms with van der Waals surface area (Å²) in [5, 5.41) is 39.2. The molecule has 25 heavy (non-hydrogen) atoms. The molecule has 9 heteroatoms. The maximum Gasteiger partial charge on any atom is 0.271 e. The van der Waals surface area contributed by atoms with Crippen LogP contribution in [0.15, 0.2) is 39.9 Å². The van der Waals surface area contributed by atoms with Crippen molar-refractivity contribution in [1.29, 1.82) is 0 Å². The number of carbonyl (C=O) groups is 1. The van der Waals surface area contributed by atoms with Gasteiger partial charge in [0, 0.05) is 28.8 Å². The number of halogens is 1. The number of carbonyl (C=O) groups excluding carboxylic acids is 1. The van der Waals surface area contributed by atoms with Gasteiger partial charge < -0.3 is 25.2 Å². The zero-order valence-corrected chi connectivity index (χ0v) is 15.0. The van der Waals surface area contributed by atoms with Gasteiger partial charge in [0.1, 0.15) is 11.5 Å². The van der Waals surface area contributed by atoms with E-state index in [1.165, 1.54) is 31.5 Å². The van der Waals surface area contributed by atoms with Crippen molar-refractivity contribution in [2.45, 2.75) is 0 Å². The molecule has 0 atom stereocenters. The van der Waals surface area contributed by atoms with Crippen molar-refractivity contribution in [2.24, 2.45) is 5.10 Å². The van der Waals surface area contributed by atoms with E-state index in [0.717, 1.165) is 13.2 Å². The molecule has 1 amide bonds. The van der Waals surface area contributed by atoms with Gasteiger partial charge in [-0.05, 0) is 40.2 Å². The number of hydrogen-bond donors (Lipinski definition) is 5. The van der Waals surface area contributed by atoms with E-state index in [1.54, 1.807) is 6.07 Å². The highest BCUT2D eigenvalue weighted by Crippen LogP contribution is 2.31. The number of amides is 1. The van der Waals surface area contributed by atoms with Gasteiger partial charge in [0.15, 0.2) is 11.5 Å². The molecule has 134 valence electrons. The number of phenols is 3. The number of rotatable bonds is 4. The number of aliphatic hydroxyl groups excluding tert-OH is 1. The van der Waals surface area contributed by atoms with Gasteiger partial charge in [-0.3, -0.25) is 4.79 Å². The Morgan fingerprint density at radius 1 is 1.12 bits per heavy atom. The van der Waals surface area contributed by atoms with Gasteiger partial charge in [-0.15, -0.1) is 0 Å². The Labute approximate surface area is 152 Å². The number of nitrogens with one attached hydrogen (secondary N) is 1. The summed E-state index contributed by atoms with van der Waals surface area (Å²) in [6, 6.07) is 6.47. The Hall–Kier alpha value is -2.78. The van der Waals surface area contributed by atoms with Crippen molar-refractivity contribution in [3.05, 3.63) is 45.9 Å². The summed E-state index contributed by atoms with van der Waals surface area (Å²) < 4.78 is 5.57. The Bertz CT molecular complexity index is 759. The molecule has 0 heterocycles. The van der Waals surface area contributed by atoms with E-state index in [4.69, 9.17) is 9.84 Å². The van der Waals surface area contributed by atoms with Crippen LogP contribution in [0.2, 0.25) is 0 Å². The summed E-state index contributed by atoms with van der Waals surface area (Å²) in [6.07, 6.45) is 1.32. The molecule has 0 aliphatic rings. The minimum atomic E-state index is -0.610. The molecule has 8 nitrogen and oxygen atoms in total. The normalized spacial score (nSPS) is 10.1. The third-order valence-corrected chi connectivity index (χ3v) is 3.52. The number of hydrogen-bond acceptors (Lipinski definition) is 7. The lowest BCUT2D eigenvalue weighted by atomic mass is 10.2. The van der Waals surface area contributed by atoms with Gasteiger partial charge in [-0.25, -0.2) is 5.43 Å². The molecule has 0 aromatic heterocycles. The molecule has 0 spiro atoms. The van der Waals surface area contributed by atoms with Crippen molar-refractivity contribution < 1.29 is 30.0 Å². The van der Waals surface area contributed by atoms with Crippen LogP contribution in [-0.2, 0) is 0 Å². The van der Waals surface area contributed by atoms with E-state index < -0.39 is 5.91 Å². The molecule has 0 bridgehead atoms. The summed E-state index contributed by atoms with van der Waals surface area (Å²) in [5.41, 5.74) is 2.82. The molecule has 0 aliphatic heterocycles. The first-order chi connectivity index (χ1) is 11.9. The zero-order valence-electron chi connectivity index (χ0n) is 13.4. The van der Waals surface area contributed by atoms with E-state index in [2.05, 4.69) is 26.5 Å². The maximum absolute atomic E-state index is 11.9. The third-order valence-electron chi connectivity index (χ3n) is 2.83. The lowest BCUT2D eigenvalue weighted by Gasteiger charge is -2.06. The summed E-state index contributed by atoms with van der Waals surface area (Å²) in [7, 11) is 2.43. The number of hydrazone groups is 1. The highest BCUT2D eigenvalue weighted by Gasteiger charge is 2.09. The smallest absolute Gasteiger partial charge is 0.271 e. The van der Waals surface area contributed by atoms with Crippen LogP contribution in [0, 0.1) is 0 Å². The molecule has 0 saturated carbocycles. The molecule has 0 radical (unpaired) electrons. The number of benzene rings is 2. The number of phenolic OH excluding ortho intramolecular Hbond substituents is 3. The first-order valence-electron chi connectivity index (χ1n) is 6.78. The maximum atomic E-state index is 11.9. The first kappa shape index (κ1) is 20.3. The highest BCUT2D eigenvalue weighted by atomic mass is 79.9. The number of methoxy groups -OCH3 is 1. The van der Waals surface area contributed by atoms with Gasteiger partial charge in [-0.2, -0.15) is 5.10 Å². The Balaban J connectivity index is 0.00000151. The fourth-order valence-electron chi connectivity index (χ4n) is 1.77. The topological polar surface area (TPSA) is 132 Å². The molecule has 2 rings (SSSR count). The Morgan fingerprint density at radius 2 is 1.72 bits per heavy atom. The van der Waals surface area contributed by atoms with Crippen molar-refractivity contribution in [3.8, 4) is 23.0 Å². The lowest BCUT2D eigenvalue weighted by Crippen LogP contribution is -2.17. The molecular formula is C16H17BrN2O6. The first-order valence-corrected chi connectivity index (χ1v) is 7.57. The summed E-state index contributed by atoms with van der Waals surface area (Å²) in [4.78, 5) is 11.9. The van der Waals surface area contributed by atoms with Crippen molar-refractivity contribution in [3.63, 3.8) is 0 Å². The van der Waals surface area contributed by atoms with Gasteiger partial charge in [0.25, 0.3) is 5.91 Å². The number of aliphatic hydroxyl groups is 1. The van der Waals surface area contributed by atoms with E-state index >= 15 is 0 Å². The van der Waals surface area contributed by atoms with Crippen molar-refractivity contribution in [1.82, 2.24) is 5.43 Å². The third kappa shape index (κ3) is 5.66. The number of aromatic hydroxyl groups is 3. The largest absolute Gasteiger partial charge is 0.508 e. The van der Waals surface area contributed by atoms with Crippen LogP contribution < -0.4 is 10.2 Å². The average molecular weight is 413 g/mol. The van der Waals surface area contributed by atoms with Crippen LogP contribution in [0.4, 0.5) is 0 Å². The Kier molecular flexibility index (Phi) is 7.70. The number of nitrogens with zero attached hydrogens (tertiary/aromatic N) is 1. The predicted molar refractivity (Wildman–Crippen MR) is 95.3 cm³/mol. The van der Waals surface area contributed by atoms with Crippen LogP contribution >= 0.6 is 15.9 Å². The summed E-state index contributed by atoms with van der Waals surface area (Å²) >= 11 is 3.29. The standard InChI is InChI=1S/C15H13BrN2O5.CH4O/c1-23-14-6-12(16)9(4-13(14)21)7-17-18-15(22)8-2-10(19)5-11(20)3-8;1-2/h2-7,19-21H,1H3,(H,18,22);2H,1H3/b17-7+;. The SMILES string of the molecule is CO.COc1cc(Br)c(/C=N/NC(=O)c2cc(O)cc(O)c2)cc1O. The Morgan fingerprint density at radius 3 is 2.28 bits per heavy atom. The average Bonchev–Trinajstić information content (AvgIpc) is 2.58. The van der Waals surface area contributed by atoms with Crippen molar-refractivity contribution in [2.75, 3.05) is 14.2 Å². The van der Waals surface area contributed by atoms with Crippen LogP contribution in [-0.4, -0.2) is 46.8 Å². The minimum absolute atomic E-state index is 0.0521. The summed E-state index contributed by atoms with van der Waals surface area (Å²) in [5.74, 6) is -0.847. The van der Waals surface area contributed by atoms with E-state index in [1.807, 2.05) is 0 Å². The van der Waals surface area contributed by atoms with Crippen LogP contribution in [0.3, 0.4) is 0 Å². The molecule has 2 aromatic carbocycles. The lowest BCUT2D eigenvalue weighted by molar-refractivity contribution is 0.0954. The second kappa shape index (κ2) is 9.50. The zero-order chi connectivity index (χ0) is 19.0. The van der Waals surface area contributed by atoms with Gasteiger partial charge in [0.05, 0.1) is 13.3 Å². The fourth-order valence-corrected chi connectivity index (χ4v) is 2.20. The summed E-state index contributed by atoms with van der Waals surface area (Å²) in [6.45, 7) is 0. The van der Waals surface area contributed by atoms with Crippen LogP contribution in [0.5, 0.6) is 23.0 Å². The quantitative estimate of drug-likeness (QED) is 0.385. The van der Waals surface area contributed by atoms with Crippen LogP contribution in [0.25, 0.3) is 0 Å². The monoisotopic (exact) mass is 412 g/mol. The predicted octanol–water partition coefficient (Wildman–Crippen LogP) is 1.95.